The lowest BCUT2D eigenvalue weighted by Gasteiger charge is -2.05. The predicted octanol–water partition coefficient (Wildman–Crippen LogP) is 2.57. The number of nitrogens with two attached hydrogens (primary N) is 2. The Hall–Kier alpha value is -1.39. The van der Waals surface area contributed by atoms with Crippen molar-refractivity contribution in [2.24, 2.45) is 0 Å². The Morgan fingerprint density at radius 2 is 1.86 bits per heavy atom. The maximum atomic E-state index is 8.88. The Balaban J connectivity index is 2.74. The minimum atomic E-state index is 0.585. The summed E-state index contributed by atoms with van der Waals surface area (Å²) >= 11 is 0.722. The lowest BCUT2D eigenvalue weighted by atomic mass is 10.1. The van der Waals surface area contributed by atoms with Crippen LogP contribution in [-0.2, 0) is 0 Å². The Morgan fingerprint density at radius 3 is 2.57 bits per heavy atom. The van der Waals surface area contributed by atoms with Gasteiger partial charge in [0, 0.05) is 22.3 Å². The highest BCUT2D eigenvalue weighted by Gasteiger charge is 2.02. The van der Waals surface area contributed by atoms with Gasteiger partial charge in [0.1, 0.15) is 0 Å². The topological polar surface area (TPSA) is 72.3 Å². The van der Waals surface area contributed by atoms with E-state index in [9.17, 15) is 0 Å². The van der Waals surface area contributed by atoms with E-state index in [1.807, 2.05) is 24.3 Å². The molecule has 14 heavy (non-hydrogen) atoms. The third-order valence-corrected chi connectivity index (χ3v) is 2.64. The van der Waals surface area contributed by atoms with Crippen LogP contribution in [0.2, 0.25) is 0 Å². The van der Waals surface area contributed by atoms with Gasteiger partial charge >= 0.3 is 0 Å². The van der Waals surface area contributed by atoms with Gasteiger partial charge in [-0.25, -0.2) is 0 Å². The van der Waals surface area contributed by atoms with Gasteiger partial charge in [-0.1, -0.05) is 12.1 Å². The number of benzene rings is 2. The molecule has 2 rings (SSSR count). The van der Waals surface area contributed by atoms with E-state index in [0.29, 0.717) is 11.4 Å². The molecule has 0 unspecified atom stereocenters. The maximum absolute atomic E-state index is 8.88. The van der Waals surface area contributed by atoms with Crippen LogP contribution in [0.4, 0.5) is 11.4 Å². The molecule has 5 N–H and O–H groups in total. The quantitative estimate of drug-likeness (QED) is 0.495. The molecule has 0 aliphatic heterocycles. The Morgan fingerprint density at radius 1 is 1.07 bits per heavy atom. The number of nitrogen functional groups attached to an aromatic ring is 2. The van der Waals surface area contributed by atoms with Crippen LogP contribution in [0.3, 0.4) is 0 Å². The number of hydrogen-bond acceptors (Lipinski definition) is 4. The molecule has 0 bridgehead atoms. The van der Waals surface area contributed by atoms with Crippen molar-refractivity contribution in [3.8, 4) is 0 Å². The molecule has 4 heteroatoms. The van der Waals surface area contributed by atoms with E-state index in [2.05, 4.69) is 0 Å². The standard InChI is InChI=1S/C10H10N2OS/c11-9-4-1-6-5-7(14-13)2-3-8(6)10(9)12/h1-5,13H,11-12H2. The van der Waals surface area contributed by atoms with Crippen LogP contribution in [0.25, 0.3) is 10.8 Å². The largest absolute Gasteiger partial charge is 0.397 e. The summed E-state index contributed by atoms with van der Waals surface area (Å²) in [7, 11) is 0. The first-order chi connectivity index (χ1) is 6.72. The van der Waals surface area contributed by atoms with Gasteiger partial charge in [-0.2, -0.15) is 0 Å². The minimum absolute atomic E-state index is 0.585. The average molecular weight is 206 g/mol. The first kappa shape index (κ1) is 9.18. The van der Waals surface area contributed by atoms with Crippen LogP contribution in [0.1, 0.15) is 0 Å². The fourth-order valence-corrected chi connectivity index (χ4v) is 1.71. The van der Waals surface area contributed by atoms with Gasteiger partial charge in [0.25, 0.3) is 0 Å². The molecule has 0 amide bonds. The molecule has 3 nitrogen and oxygen atoms in total. The Bertz CT molecular complexity index is 485. The smallest absolute Gasteiger partial charge is 0.0627 e. The minimum Gasteiger partial charge on any atom is -0.397 e. The van der Waals surface area contributed by atoms with E-state index in [4.69, 9.17) is 16.0 Å². The molecule has 2 aromatic rings. The monoisotopic (exact) mass is 206 g/mol. The molecule has 0 atom stereocenters. The molecule has 0 saturated carbocycles. The van der Waals surface area contributed by atoms with Crippen LogP contribution < -0.4 is 11.5 Å². The number of rotatable bonds is 1. The molecular formula is C10H10N2OS. The lowest BCUT2D eigenvalue weighted by molar-refractivity contribution is 0.664. The fraction of sp³-hybridized carbons (Fsp3) is 0. The Labute approximate surface area is 85.9 Å². The summed E-state index contributed by atoms with van der Waals surface area (Å²) in [4.78, 5) is 0.793. The normalized spacial score (nSPS) is 10.6. The molecule has 0 radical (unpaired) electrons. The number of fused-ring (bicyclic) bond motifs is 1. The van der Waals surface area contributed by atoms with E-state index in [1.54, 1.807) is 6.07 Å². The van der Waals surface area contributed by atoms with Crippen LogP contribution in [0.5, 0.6) is 0 Å². The zero-order valence-corrected chi connectivity index (χ0v) is 8.21. The van der Waals surface area contributed by atoms with Crippen LogP contribution in [-0.4, -0.2) is 4.55 Å². The highest BCUT2D eigenvalue weighted by molar-refractivity contribution is 7.93. The van der Waals surface area contributed by atoms with E-state index in [0.717, 1.165) is 27.7 Å². The van der Waals surface area contributed by atoms with Crippen molar-refractivity contribution in [2.45, 2.75) is 4.90 Å². The molecule has 0 fully saturated rings. The molecule has 0 spiro atoms. The summed E-state index contributed by atoms with van der Waals surface area (Å²) in [6, 6.07) is 9.20. The second kappa shape index (κ2) is 3.40. The van der Waals surface area contributed by atoms with E-state index < -0.39 is 0 Å². The van der Waals surface area contributed by atoms with Gasteiger partial charge in [-0.05, 0) is 23.6 Å². The van der Waals surface area contributed by atoms with Crippen LogP contribution in [0, 0.1) is 0 Å². The van der Waals surface area contributed by atoms with Gasteiger partial charge in [-0.3, -0.25) is 0 Å². The SMILES string of the molecule is Nc1ccc2cc(SO)ccc2c1N. The summed E-state index contributed by atoms with van der Waals surface area (Å²) < 4.78 is 8.88. The zero-order chi connectivity index (χ0) is 10.1. The van der Waals surface area contributed by atoms with Crippen molar-refractivity contribution in [1.29, 1.82) is 0 Å². The lowest BCUT2D eigenvalue weighted by Crippen LogP contribution is -1.94. The molecule has 0 saturated heterocycles. The summed E-state index contributed by atoms with van der Waals surface area (Å²) in [5.74, 6) is 0. The molecular weight excluding hydrogens is 196 g/mol. The van der Waals surface area contributed by atoms with Crippen molar-refractivity contribution < 1.29 is 4.55 Å². The highest BCUT2D eigenvalue weighted by atomic mass is 32.2. The zero-order valence-electron chi connectivity index (χ0n) is 7.40. The van der Waals surface area contributed by atoms with Crippen molar-refractivity contribution in [1.82, 2.24) is 0 Å². The summed E-state index contributed by atoms with van der Waals surface area (Å²) in [5.41, 5.74) is 12.7. The van der Waals surface area contributed by atoms with Gasteiger partial charge in [0.05, 0.1) is 11.4 Å². The molecule has 72 valence electrons. The van der Waals surface area contributed by atoms with Crippen LogP contribution >= 0.6 is 12.0 Å². The molecule has 0 heterocycles. The van der Waals surface area contributed by atoms with Gasteiger partial charge in [0.15, 0.2) is 0 Å². The number of anilines is 2. The molecule has 0 aliphatic carbocycles. The first-order valence-corrected chi connectivity index (χ1v) is 4.89. The van der Waals surface area contributed by atoms with Gasteiger partial charge in [0.2, 0.25) is 0 Å². The third-order valence-electron chi connectivity index (χ3n) is 2.17. The predicted molar refractivity (Wildman–Crippen MR) is 61.3 cm³/mol. The second-order valence-electron chi connectivity index (χ2n) is 3.04. The first-order valence-electron chi connectivity index (χ1n) is 4.11. The summed E-state index contributed by atoms with van der Waals surface area (Å²) in [6.45, 7) is 0. The molecule has 0 aliphatic rings. The van der Waals surface area contributed by atoms with Crippen molar-refractivity contribution in [3.63, 3.8) is 0 Å². The van der Waals surface area contributed by atoms with Crippen LogP contribution in [0.15, 0.2) is 35.2 Å². The van der Waals surface area contributed by atoms with Crippen molar-refractivity contribution in [3.05, 3.63) is 30.3 Å². The third kappa shape index (κ3) is 1.38. The second-order valence-corrected chi connectivity index (χ2v) is 3.70. The highest BCUT2D eigenvalue weighted by Crippen LogP contribution is 2.29. The Kier molecular flexibility index (Phi) is 2.23. The van der Waals surface area contributed by atoms with E-state index in [-0.39, 0.29) is 0 Å². The van der Waals surface area contributed by atoms with Crippen molar-refractivity contribution in [2.75, 3.05) is 11.5 Å². The summed E-state index contributed by atoms with van der Waals surface area (Å²) in [5, 5.41) is 1.90. The fourth-order valence-electron chi connectivity index (χ4n) is 1.41. The van der Waals surface area contributed by atoms with Gasteiger partial charge < -0.3 is 16.0 Å². The van der Waals surface area contributed by atoms with E-state index >= 15 is 0 Å². The summed E-state index contributed by atoms with van der Waals surface area (Å²) in [6.07, 6.45) is 0. The van der Waals surface area contributed by atoms with Gasteiger partial charge in [-0.15, -0.1) is 0 Å². The van der Waals surface area contributed by atoms with E-state index in [1.165, 1.54) is 0 Å². The number of hydrogen-bond donors (Lipinski definition) is 3. The van der Waals surface area contributed by atoms with Crippen molar-refractivity contribution >= 4 is 34.2 Å². The maximum Gasteiger partial charge on any atom is 0.0627 e. The molecule has 2 aromatic carbocycles. The average Bonchev–Trinajstić information content (AvgIpc) is 2.23. The molecule has 0 aromatic heterocycles.